The first kappa shape index (κ1) is 13.5. The van der Waals surface area contributed by atoms with E-state index in [0.717, 1.165) is 0 Å². The van der Waals surface area contributed by atoms with Crippen LogP contribution in [0.3, 0.4) is 0 Å². The van der Waals surface area contributed by atoms with Gasteiger partial charge in [-0.05, 0) is 30.2 Å². The summed E-state index contributed by atoms with van der Waals surface area (Å²) < 4.78 is 0. The lowest BCUT2D eigenvalue weighted by Gasteiger charge is -2.13. The smallest absolute Gasteiger partial charge is 0.251 e. The fraction of sp³-hybridized carbons (Fsp3) is 0.385. The van der Waals surface area contributed by atoms with Gasteiger partial charge >= 0.3 is 0 Å². The molecule has 1 aromatic rings. The number of nitrogens with one attached hydrogen (secondary N) is 1. The molecule has 0 aliphatic rings. The zero-order chi connectivity index (χ0) is 12.8. The molecule has 17 heavy (non-hydrogen) atoms. The van der Waals surface area contributed by atoms with Gasteiger partial charge in [0, 0.05) is 12.1 Å². The van der Waals surface area contributed by atoms with E-state index in [9.17, 15) is 4.79 Å². The minimum absolute atomic E-state index is 0.0719. The third-order valence-corrected chi connectivity index (χ3v) is 3.12. The van der Waals surface area contributed by atoms with Crippen LogP contribution in [-0.2, 0) is 0 Å². The van der Waals surface area contributed by atoms with Crippen molar-refractivity contribution in [1.82, 2.24) is 5.32 Å². The summed E-state index contributed by atoms with van der Waals surface area (Å²) in [7, 11) is 0. The van der Waals surface area contributed by atoms with Gasteiger partial charge in [-0.1, -0.05) is 13.8 Å². The molecular weight excluding hydrogens is 236 g/mol. The van der Waals surface area contributed by atoms with Crippen LogP contribution in [0.15, 0.2) is 24.3 Å². The molecular formula is C13H15ClN2O. The van der Waals surface area contributed by atoms with Gasteiger partial charge in [0.15, 0.2) is 0 Å². The first-order valence-corrected chi connectivity index (χ1v) is 5.90. The molecule has 0 bridgehead atoms. The van der Waals surface area contributed by atoms with E-state index in [1.165, 1.54) is 0 Å². The van der Waals surface area contributed by atoms with Crippen molar-refractivity contribution < 1.29 is 4.79 Å². The van der Waals surface area contributed by atoms with Crippen LogP contribution in [0.1, 0.15) is 29.8 Å². The van der Waals surface area contributed by atoms with Crippen molar-refractivity contribution in [3.8, 4) is 6.07 Å². The second-order valence-corrected chi connectivity index (χ2v) is 4.72. The number of benzene rings is 1. The molecule has 0 heterocycles. The molecule has 0 saturated carbocycles. The number of amides is 1. The summed E-state index contributed by atoms with van der Waals surface area (Å²) in [5.41, 5.74) is 1.08. The Labute approximate surface area is 106 Å². The lowest BCUT2D eigenvalue weighted by atomic mass is 10.1. The molecule has 90 valence electrons. The number of nitrogens with zero attached hydrogens (tertiary/aromatic N) is 1. The average Bonchev–Trinajstić information content (AvgIpc) is 2.35. The summed E-state index contributed by atoms with van der Waals surface area (Å²) in [6, 6.07) is 8.51. The van der Waals surface area contributed by atoms with E-state index in [1.807, 2.05) is 19.9 Å². The molecule has 1 aromatic carbocycles. The number of hydrogen-bond donors (Lipinski definition) is 1. The number of hydrogen-bond acceptors (Lipinski definition) is 2. The summed E-state index contributed by atoms with van der Waals surface area (Å²) in [6.07, 6.45) is 0. The first-order chi connectivity index (χ1) is 8.04. The third kappa shape index (κ3) is 4.08. The zero-order valence-corrected chi connectivity index (χ0v) is 10.7. The van der Waals surface area contributed by atoms with Gasteiger partial charge in [0.1, 0.15) is 0 Å². The Kier molecular flexibility index (Phi) is 4.99. The number of rotatable bonds is 4. The van der Waals surface area contributed by atoms with E-state index >= 15 is 0 Å². The quantitative estimate of drug-likeness (QED) is 0.835. The standard InChI is InChI=1S/C13H15ClN2O/c1-9(2)12(14)8-16-13(17)11-5-3-10(7-15)4-6-11/h3-6,9,12H,8H2,1-2H3,(H,16,17). The minimum Gasteiger partial charge on any atom is -0.351 e. The molecule has 0 fully saturated rings. The normalized spacial score (nSPS) is 11.9. The number of alkyl halides is 1. The van der Waals surface area contributed by atoms with Crippen LogP contribution < -0.4 is 5.32 Å². The second kappa shape index (κ2) is 6.27. The Morgan fingerprint density at radius 1 is 1.41 bits per heavy atom. The van der Waals surface area contributed by atoms with Crippen molar-refractivity contribution in [3.63, 3.8) is 0 Å². The predicted octanol–water partition coefficient (Wildman–Crippen LogP) is 2.55. The van der Waals surface area contributed by atoms with Gasteiger partial charge in [-0.2, -0.15) is 5.26 Å². The number of carbonyl (C=O) groups excluding carboxylic acids is 1. The van der Waals surface area contributed by atoms with Gasteiger partial charge in [-0.3, -0.25) is 4.79 Å². The lowest BCUT2D eigenvalue weighted by molar-refractivity contribution is 0.0952. The van der Waals surface area contributed by atoms with Crippen molar-refractivity contribution in [2.24, 2.45) is 5.92 Å². The Bertz CT molecular complexity index is 420. The van der Waals surface area contributed by atoms with Gasteiger partial charge in [-0.15, -0.1) is 11.6 Å². The fourth-order valence-electron chi connectivity index (χ4n) is 1.22. The lowest BCUT2D eigenvalue weighted by Crippen LogP contribution is -2.31. The minimum atomic E-state index is -0.166. The van der Waals surface area contributed by atoms with Gasteiger partial charge in [0.2, 0.25) is 0 Å². The fourth-order valence-corrected chi connectivity index (χ4v) is 1.30. The van der Waals surface area contributed by atoms with E-state index in [0.29, 0.717) is 23.6 Å². The molecule has 1 atom stereocenters. The first-order valence-electron chi connectivity index (χ1n) is 5.47. The third-order valence-electron chi connectivity index (χ3n) is 2.46. The maximum atomic E-state index is 11.7. The summed E-state index contributed by atoms with van der Waals surface area (Å²) in [5.74, 6) is 0.152. The van der Waals surface area contributed by atoms with Gasteiger partial charge in [-0.25, -0.2) is 0 Å². The van der Waals surface area contributed by atoms with E-state index < -0.39 is 0 Å². The number of nitriles is 1. The largest absolute Gasteiger partial charge is 0.351 e. The second-order valence-electron chi connectivity index (χ2n) is 4.16. The molecule has 1 amide bonds. The maximum absolute atomic E-state index is 11.7. The Morgan fingerprint density at radius 2 is 2.00 bits per heavy atom. The van der Waals surface area contributed by atoms with Crippen molar-refractivity contribution in [2.75, 3.05) is 6.54 Å². The Hall–Kier alpha value is -1.53. The van der Waals surface area contributed by atoms with E-state index in [-0.39, 0.29) is 11.3 Å². The summed E-state index contributed by atoms with van der Waals surface area (Å²) in [6.45, 7) is 4.45. The SMILES string of the molecule is CC(C)C(Cl)CNC(=O)c1ccc(C#N)cc1. The van der Waals surface area contributed by atoms with Crippen LogP contribution in [0.4, 0.5) is 0 Å². The molecule has 4 heteroatoms. The average molecular weight is 251 g/mol. The molecule has 0 aliphatic carbocycles. The van der Waals surface area contributed by atoms with Crippen LogP contribution in [-0.4, -0.2) is 17.8 Å². The zero-order valence-electron chi connectivity index (χ0n) is 9.90. The Morgan fingerprint density at radius 3 is 2.47 bits per heavy atom. The molecule has 0 aromatic heterocycles. The van der Waals surface area contributed by atoms with Crippen LogP contribution in [0.25, 0.3) is 0 Å². The number of halogens is 1. The van der Waals surface area contributed by atoms with Crippen molar-refractivity contribution >= 4 is 17.5 Å². The highest BCUT2D eigenvalue weighted by Crippen LogP contribution is 2.08. The molecule has 1 unspecified atom stereocenters. The predicted molar refractivity (Wildman–Crippen MR) is 68.0 cm³/mol. The van der Waals surface area contributed by atoms with E-state index in [2.05, 4.69) is 5.32 Å². The van der Waals surface area contributed by atoms with Crippen molar-refractivity contribution in [3.05, 3.63) is 35.4 Å². The van der Waals surface area contributed by atoms with Crippen LogP contribution in [0.2, 0.25) is 0 Å². The van der Waals surface area contributed by atoms with Gasteiger partial charge in [0.25, 0.3) is 5.91 Å². The maximum Gasteiger partial charge on any atom is 0.251 e. The number of carbonyl (C=O) groups is 1. The molecule has 0 aliphatic heterocycles. The summed E-state index contributed by atoms with van der Waals surface area (Å²) in [4.78, 5) is 11.7. The molecule has 0 saturated heterocycles. The molecule has 0 spiro atoms. The van der Waals surface area contributed by atoms with Crippen molar-refractivity contribution in [1.29, 1.82) is 5.26 Å². The van der Waals surface area contributed by atoms with Crippen LogP contribution in [0, 0.1) is 17.2 Å². The van der Waals surface area contributed by atoms with Crippen LogP contribution in [0.5, 0.6) is 0 Å². The van der Waals surface area contributed by atoms with E-state index in [4.69, 9.17) is 16.9 Å². The van der Waals surface area contributed by atoms with Gasteiger partial charge in [0.05, 0.1) is 17.0 Å². The Balaban J connectivity index is 2.56. The van der Waals surface area contributed by atoms with Crippen molar-refractivity contribution in [2.45, 2.75) is 19.2 Å². The summed E-state index contributed by atoms with van der Waals surface area (Å²) in [5, 5.41) is 11.3. The van der Waals surface area contributed by atoms with E-state index in [1.54, 1.807) is 24.3 Å². The highest BCUT2D eigenvalue weighted by Gasteiger charge is 2.11. The van der Waals surface area contributed by atoms with Crippen LogP contribution >= 0.6 is 11.6 Å². The molecule has 3 nitrogen and oxygen atoms in total. The molecule has 0 radical (unpaired) electrons. The topological polar surface area (TPSA) is 52.9 Å². The monoisotopic (exact) mass is 250 g/mol. The van der Waals surface area contributed by atoms with Gasteiger partial charge < -0.3 is 5.32 Å². The summed E-state index contributed by atoms with van der Waals surface area (Å²) >= 11 is 6.04. The highest BCUT2D eigenvalue weighted by atomic mass is 35.5. The molecule has 1 N–H and O–H groups in total. The molecule has 1 rings (SSSR count). The highest BCUT2D eigenvalue weighted by molar-refractivity contribution is 6.21.